The molecule has 0 aromatic carbocycles. The van der Waals surface area contributed by atoms with E-state index in [2.05, 4.69) is 9.88 Å². The molecule has 1 aliphatic rings. The number of hydrogen-bond donors (Lipinski definition) is 1. The van der Waals surface area contributed by atoms with Gasteiger partial charge in [-0.3, -0.25) is 4.90 Å². The third kappa shape index (κ3) is 2.25. The van der Waals surface area contributed by atoms with Crippen molar-refractivity contribution in [1.82, 2.24) is 9.88 Å². The molecule has 0 aliphatic carbocycles. The van der Waals surface area contributed by atoms with E-state index in [1.807, 2.05) is 5.38 Å². The minimum atomic E-state index is 0.248. The lowest BCUT2D eigenvalue weighted by atomic mass is 10.2. The van der Waals surface area contributed by atoms with E-state index < -0.39 is 0 Å². The van der Waals surface area contributed by atoms with Crippen molar-refractivity contribution < 1.29 is 5.11 Å². The first-order valence-electron chi connectivity index (χ1n) is 4.74. The van der Waals surface area contributed by atoms with Gasteiger partial charge in [-0.05, 0) is 19.4 Å². The van der Waals surface area contributed by atoms with Crippen molar-refractivity contribution in [2.45, 2.75) is 25.4 Å². The van der Waals surface area contributed by atoms with Crippen molar-refractivity contribution in [2.24, 2.45) is 0 Å². The molecule has 5 heteroatoms. The van der Waals surface area contributed by atoms with E-state index in [-0.39, 0.29) is 6.61 Å². The van der Waals surface area contributed by atoms with Gasteiger partial charge in [-0.25, -0.2) is 4.98 Å². The zero-order valence-electron chi connectivity index (χ0n) is 7.82. The van der Waals surface area contributed by atoms with Gasteiger partial charge in [0.2, 0.25) is 0 Å². The number of rotatable bonds is 3. The largest absolute Gasteiger partial charge is 0.395 e. The number of nitrogens with zero attached hydrogens (tertiary/aromatic N) is 2. The normalized spacial score (nSPS) is 23.1. The second kappa shape index (κ2) is 4.57. The molecule has 1 aliphatic heterocycles. The molecular formula is C9H13ClN2OS. The molecule has 1 unspecified atom stereocenters. The molecule has 1 fully saturated rings. The number of thiazole rings is 1. The van der Waals surface area contributed by atoms with Crippen LogP contribution < -0.4 is 0 Å². The fraction of sp³-hybridized carbons (Fsp3) is 0.667. The highest BCUT2D eigenvalue weighted by molar-refractivity contribution is 7.13. The van der Waals surface area contributed by atoms with Gasteiger partial charge in [-0.2, -0.15) is 0 Å². The zero-order chi connectivity index (χ0) is 9.97. The SMILES string of the molecule is OCC1CCCN1Cc1csc(Cl)n1. The van der Waals surface area contributed by atoms with Gasteiger partial charge < -0.3 is 5.11 Å². The van der Waals surface area contributed by atoms with Crippen molar-refractivity contribution in [3.63, 3.8) is 0 Å². The van der Waals surface area contributed by atoms with Crippen molar-refractivity contribution in [2.75, 3.05) is 13.2 Å². The van der Waals surface area contributed by atoms with Crippen LogP contribution in [-0.4, -0.2) is 34.2 Å². The average Bonchev–Trinajstić information content (AvgIpc) is 2.76. The lowest BCUT2D eigenvalue weighted by Gasteiger charge is -2.21. The Morgan fingerprint density at radius 2 is 2.57 bits per heavy atom. The first-order chi connectivity index (χ1) is 6.79. The van der Waals surface area contributed by atoms with E-state index >= 15 is 0 Å². The topological polar surface area (TPSA) is 36.4 Å². The third-order valence-corrected chi connectivity index (χ3v) is 3.63. The van der Waals surface area contributed by atoms with Gasteiger partial charge >= 0.3 is 0 Å². The summed E-state index contributed by atoms with van der Waals surface area (Å²) in [5, 5.41) is 11.1. The van der Waals surface area contributed by atoms with Gasteiger partial charge in [-0.15, -0.1) is 11.3 Å². The van der Waals surface area contributed by atoms with Gasteiger partial charge in [0, 0.05) is 18.0 Å². The van der Waals surface area contributed by atoms with Crippen LogP contribution in [0.4, 0.5) is 0 Å². The zero-order valence-corrected chi connectivity index (χ0v) is 9.39. The lowest BCUT2D eigenvalue weighted by Crippen LogP contribution is -2.31. The number of halogens is 1. The van der Waals surface area contributed by atoms with Crippen molar-refractivity contribution in [3.05, 3.63) is 15.5 Å². The number of hydrogen-bond acceptors (Lipinski definition) is 4. The Bertz CT molecular complexity index is 305. The predicted octanol–water partition coefficient (Wildman–Crippen LogP) is 1.75. The molecule has 1 saturated heterocycles. The fourth-order valence-corrected chi connectivity index (χ4v) is 2.65. The summed E-state index contributed by atoms with van der Waals surface area (Å²) in [5.74, 6) is 0. The summed E-state index contributed by atoms with van der Waals surface area (Å²) in [4.78, 5) is 6.47. The highest BCUT2D eigenvalue weighted by atomic mass is 35.5. The lowest BCUT2D eigenvalue weighted by molar-refractivity contribution is 0.152. The van der Waals surface area contributed by atoms with E-state index in [4.69, 9.17) is 16.7 Å². The van der Waals surface area contributed by atoms with E-state index in [1.165, 1.54) is 17.8 Å². The number of likely N-dealkylation sites (tertiary alicyclic amines) is 1. The molecule has 1 aromatic rings. The molecule has 1 N–H and O–H groups in total. The monoisotopic (exact) mass is 232 g/mol. The maximum absolute atomic E-state index is 9.13. The number of aliphatic hydroxyl groups is 1. The fourth-order valence-electron chi connectivity index (χ4n) is 1.87. The van der Waals surface area contributed by atoms with E-state index in [0.717, 1.165) is 25.2 Å². The first kappa shape index (κ1) is 10.4. The molecule has 0 radical (unpaired) electrons. The smallest absolute Gasteiger partial charge is 0.183 e. The van der Waals surface area contributed by atoms with E-state index in [1.54, 1.807) is 0 Å². The van der Waals surface area contributed by atoms with Gasteiger partial charge in [0.1, 0.15) is 0 Å². The third-order valence-electron chi connectivity index (χ3n) is 2.60. The minimum Gasteiger partial charge on any atom is -0.395 e. The summed E-state index contributed by atoms with van der Waals surface area (Å²) in [6.45, 7) is 2.12. The maximum Gasteiger partial charge on any atom is 0.183 e. The van der Waals surface area contributed by atoms with Crippen LogP contribution in [0, 0.1) is 0 Å². The minimum absolute atomic E-state index is 0.248. The highest BCUT2D eigenvalue weighted by Gasteiger charge is 2.24. The van der Waals surface area contributed by atoms with Crippen LogP contribution in [-0.2, 0) is 6.54 Å². The summed E-state index contributed by atoms with van der Waals surface area (Å²) in [7, 11) is 0. The molecule has 0 bridgehead atoms. The Morgan fingerprint density at radius 1 is 1.71 bits per heavy atom. The molecule has 0 spiro atoms. The molecule has 3 nitrogen and oxygen atoms in total. The standard InChI is InChI=1S/C9H13ClN2OS/c10-9-11-7(6-14-9)4-12-3-1-2-8(12)5-13/h6,8,13H,1-5H2. The van der Waals surface area contributed by atoms with Crippen LogP contribution in [0.15, 0.2) is 5.38 Å². The summed E-state index contributed by atoms with van der Waals surface area (Å²) in [6, 6.07) is 0.315. The summed E-state index contributed by atoms with van der Waals surface area (Å²) >= 11 is 7.22. The molecule has 1 atom stereocenters. The maximum atomic E-state index is 9.13. The quantitative estimate of drug-likeness (QED) is 0.863. The average molecular weight is 233 g/mol. The number of aliphatic hydroxyl groups excluding tert-OH is 1. The van der Waals surface area contributed by atoms with Crippen LogP contribution in [0.2, 0.25) is 4.47 Å². The van der Waals surface area contributed by atoms with Crippen molar-refractivity contribution in [1.29, 1.82) is 0 Å². The molecule has 2 heterocycles. The second-order valence-electron chi connectivity index (χ2n) is 3.54. The molecule has 78 valence electrons. The number of aromatic nitrogens is 1. The molecule has 2 rings (SSSR count). The van der Waals surface area contributed by atoms with Gasteiger partial charge in [0.15, 0.2) is 4.47 Å². The molecule has 1 aromatic heterocycles. The molecular weight excluding hydrogens is 220 g/mol. The predicted molar refractivity (Wildman–Crippen MR) is 57.6 cm³/mol. The first-order valence-corrected chi connectivity index (χ1v) is 6.00. The Morgan fingerprint density at radius 3 is 3.21 bits per heavy atom. The van der Waals surface area contributed by atoms with Gasteiger partial charge in [-0.1, -0.05) is 11.6 Å². The molecule has 14 heavy (non-hydrogen) atoms. The summed E-state index contributed by atoms with van der Waals surface area (Å²) in [6.07, 6.45) is 2.26. The Kier molecular flexibility index (Phi) is 3.38. The van der Waals surface area contributed by atoms with Gasteiger partial charge in [0.05, 0.1) is 12.3 Å². The highest BCUT2D eigenvalue weighted by Crippen LogP contribution is 2.21. The van der Waals surface area contributed by atoms with Gasteiger partial charge in [0.25, 0.3) is 0 Å². The van der Waals surface area contributed by atoms with Crippen LogP contribution in [0.5, 0.6) is 0 Å². The second-order valence-corrected chi connectivity index (χ2v) is 4.98. The Hall–Kier alpha value is -0.160. The van der Waals surface area contributed by atoms with E-state index in [0.29, 0.717) is 10.5 Å². The van der Waals surface area contributed by atoms with Crippen LogP contribution in [0.3, 0.4) is 0 Å². The van der Waals surface area contributed by atoms with Crippen LogP contribution >= 0.6 is 22.9 Å². The molecule has 0 amide bonds. The Balaban J connectivity index is 1.96. The van der Waals surface area contributed by atoms with Crippen molar-refractivity contribution >= 4 is 22.9 Å². The summed E-state index contributed by atoms with van der Waals surface area (Å²) < 4.78 is 0.597. The molecule has 0 saturated carbocycles. The van der Waals surface area contributed by atoms with E-state index in [9.17, 15) is 0 Å². The van der Waals surface area contributed by atoms with Crippen LogP contribution in [0.25, 0.3) is 0 Å². The Labute approximate surface area is 92.3 Å². The van der Waals surface area contributed by atoms with Crippen LogP contribution in [0.1, 0.15) is 18.5 Å². The summed E-state index contributed by atoms with van der Waals surface area (Å²) in [5.41, 5.74) is 1.01. The van der Waals surface area contributed by atoms with Crippen molar-refractivity contribution in [3.8, 4) is 0 Å².